The lowest BCUT2D eigenvalue weighted by molar-refractivity contribution is 0.1000. The predicted molar refractivity (Wildman–Crippen MR) is 74.2 cm³/mol. The molecule has 20 heavy (non-hydrogen) atoms. The van der Waals surface area contributed by atoms with Crippen LogP contribution in [0.25, 0.3) is 21.3 Å². The second kappa shape index (κ2) is 4.53. The van der Waals surface area contributed by atoms with Crippen LogP contribution >= 0.6 is 11.3 Å². The van der Waals surface area contributed by atoms with E-state index >= 15 is 0 Å². The Kier molecular flexibility index (Phi) is 2.83. The van der Waals surface area contributed by atoms with E-state index in [-0.39, 0.29) is 16.1 Å². The standard InChI is InChI=1S/C13H8FN3O2S/c14-10-7(6-4-2-1-3-5-6)9-8(12(19)17-10)16-13(20-9)11(15)18/h1-5H,(H2,15,18)(H,17,19). The number of primary amides is 1. The number of pyridine rings is 1. The summed E-state index contributed by atoms with van der Waals surface area (Å²) in [6.45, 7) is 0. The number of halogens is 1. The van der Waals surface area contributed by atoms with Crippen LogP contribution in [-0.4, -0.2) is 15.9 Å². The molecule has 0 aliphatic heterocycles. The summed E-state index contributed by atoms with van der Waals surface area (Å²) in [4.78, 5) is 28.9. The van der Waals surface area contributed by atoms with Crippen molar-refractivity contribution in [2.24, 2.45) is 5.73 Å². The molecule has 1 aromatic carbocycles. The zero-order chi connectivity index (χ0) is 14.3. The van der Waals surface area contributed by atoms with Gasteiger partial charge in [-0.15, -0.1) is 11.3 Å². The summed E-state index contributed by atoms with van der Waals surface area (Å²) < 4.78 is 14.4. The average Bonchev–Trinajstić information content (AvgIpc) is 2.85. The molecule has 0 unspecified atom stereocenters. The number of thiazole rings is 1. The Morgan fingerprint density at radius 3 is 2.65 bits per heavy atom. The molecule has 0 radical (unpaired) electrons. The molecule has 0 aliphatic carbocycles. The summed E-state index contributed by atoms with van der Waals surface area (Å²) in [7, 11) is 0. The van der Waals surface area contributed by atoms with E-state index in [1.54, 1.807) is 30.3 Å². The number of hydrogen-bond donors (Lipinski definition) is 2. The smallest absolute Gasteiger partial charge is 0.277 e. The van der Waals surface area contributed by atoms with Crippen molar-refractivity contribution in [2.75, 3.05) is 0 Å². The third kappa shape index (κ3) is 1.88. The first-order valence-corrected chi connectivity index (χ1v) is 6.47. The van der Waals surface area contributed by atoms with E-state index in [1.165, 1.54) is 0 Å². The molecular weight excluding hydrogens is 281 g/mol. The zero-order valence-electron chi connectivity index (χ0n) is 10.0. The van der Waals surface area contributed by atoms with Crippen LogP contribution < -0.4 is 11.3 Å². The molecule has 0 atom stereocenters. The summed E-state index contributed by atoms with van der Waals surface area (Å²) in [5.41, 5.74) is 5.30. The van der Waals surface area contributed by atoms with Crippen LogP contribution in [0.5, 0.6) is 0 Å². The van der Waals surface area contributed by atoms with Gasteiger partial charge in [0.1, 0.15) is 5.52 Å². The van der Waals surface area contributed by atoms with E-state index in [0.29, 0.717) is 10.3 Å². The number of H-pyrrole nitrogens is 1. The van der Waals surface area contributed by atoms with E-state index in [4.69, 9.17) is 5.73 Å². The molecule has 3 N–H and O–H groups in total. The van der Waals surface area contributed by atoms with Crippen molar-refractivity contribution in [3.8, 4) is 11.1 Å². The van der Waals surface area contributed by atoms with Gasteiger partial charge in [-0.1, -0.05) is 30.3 Å². The second-order valence-corrected chi connectivity index (χ2v) is 5.07. The summed E-state index contributed by atoms with van der Waals surface area (Å²) in [6, 6.07) is 8.72. The minimum Gasteiger partial charge on any atom is -0.364 e. The third-order valence-corrected chi connectivity index (χ3v) is 3.87. The van der Waals surface area contributed by atoms with Gasteiger partial charge in [0.2, 0.25) is 5.95 Å². The van der Waals surface area contributed by atoms with Crippen molar-refractivity contribution in [1.82, 2.24) is 9.97 Å². The zero-order valence-corrected chi connectivity index (χ0v) is 10.8. The van der Waals surface area contributed by atoms with Gasteiger partial charge >= 0.3 is 0 Å². The molecule has 3 aromatic rings. The van der Waals surface area contributed by atoms with Crippen LogP contribution in [0.1, 0.15) is 9.80 Å². The average molecular weight is 289 g/mol. The van der Waals surface area contributed by atoms with Gasteiger partial charge < -0.3 is 5.73 Å². The number of hydrogen-bond acceptors (Lipinski definition) is 4. The highest BCUT2D eigenvalue weighted by Crippen LogP contribution is 2.32. The molecule has 0 aliphatic rings. The maximum atomic E-state index is 14.1. The van der Waals surface area contributed by atoms with Gasteiger partial charge in [-0.2, -0.15) is 4.39 Å². The lowest BCUT2D eigenvalue weighted by Gasteiger charge is -2.03. The number of nitrogens with zero attached hydrogens (tertiary/aromatic N) is 1. The Bertz CT molecular complexity index is 870. The largest absolute Gasteiger partial charge is 0.364 e. The van der Waals surface area contributed by atoms with E-state index in [1.807, 2.05) is 0 Å². The fourth-order valence-corrected chi connectivity index (χ4v) is 2.91. The van der Waals surface area contributed by atoms with E-state index in [0.717, 1.165) is 11.3 Å². The highest BCUT2D eigenvalue weighted by Gasteiger charge is 2.19. The maximum Gasteiger partial charge on any atom is 0.277 e. The van der Waals surface area contributed by atoms with Gasteiger partial charge in [0.05, 0.1) is 10.3 Å². The van der Waals surface area contributed by atoms with E-state index in [9.17, 15) is 14.0 Å². The number of aromatic nitrogens is 2. The lowest BCUT2D eigenvalue weighted by Crippen LogP contribution is -2.12. The highest BCUT2D eigenvalue weighted by molar-refractivity contribution is 7.20. The SMILES string of the molecule is NC(=O)c1nc2c(=O)[nH]c(F)c(-c3ccccc3)c2s1. The summed E-state index contributed by atoms with van der Waals surface area (Å²) in [5, 5.41) is -0.0201. The van der Waals surface area contributed by atoms with Crippen LogP contribution in [0.15, 0.2) is 35.1 Å². The molecular formula is C13H8FN3O2S. The summed E-state index contributed by atoms with van der Waals surface area (Å²) in [6.07, 6.45) is 0. The normalized spacial score (nSPS) is 10.8. The van der Waals surface area contributed by atoms with Crippen molar-refractivity contribution in [3.63, 3.8) is 0 Å². The van der Waals surface area contributed by atoms with Crippen LogP contribution in [0.2, 0.25) is 0 Å². The van der Waals surface area contributed by atoms with Crippen molar-refractivity contribution >= 4 is 27.5 Å². The molecule has 2 heterocycles. The van der Waals surface area contributed by atoms with Crippen LogP contribution in [-0.2, 0) is 0 Å². The van der Waals surface area contributed by atoms with Gasteiger partial charge in [0.15, 0.2) is 5.01 Å². The Balaban J connectivity index is 2.42. The third-order valence-electron chi connectivity index (χ3n) is 2.79. The number of carbonyl (C=O) groups is 1. The van der Waals surface area contributed by atoms with Crippen molar-refractivity contribution in [2.45, 2.75) is 0 Å². The van der Waals surface area contributed by atoms with Crippen molar-refractivity contribution in [1.29, 1.82) is 0 Å². The molecule has 0 saturated carbocycles. The van der Waals surface area contributed by atoms with Crippen LogP contribution in [0.4, 0.5) is 4.39 Å². The quantitative estimate of drug-likeness (QED) is 0.706. The molecule has 2 aromatic heterocycles. The molecule has 0 spiro atoms. The minimum absolute atomic E-state index is 0.0176. The fraction of sp³-hybridized carbons (Fsp3) is 0. The number of fused-ring (bicyclic) bond motifs is 1. The Labute approximate surface area is 115 Å². The Morgan fingerprint density at radius 2 is 2.00 bits per heavy atom. The number of amides is 1. The Morgan fingerprint density at radius 1 is 1.30 bits per heavy atom. The van der Waals surface area contributed by atoms with Crippen molar-refractivity contribution < 1.29 is 9.18 Å². The minimum atomic E-state index is -0.756. The number of aromatic amines is 1. The number of nitrogens with two attached hydrogens (primary N) is 1. The van der Waals surface area contributed by atoms with Gasteiger partial charge in [0, 0.05) is 0 Å². The fourth-order valence-electron chi connectivity index (χ4n) is 1.93. The van der Waals surface area contributed by atoms with E-state index in [2.05, 4.69) is 9.97 Å². The molecule has 7 heteroatoms. The molecule has 3 rings (SSSR count). The maximum absolute atomic E-state index is 14.1. The van der Waals surface area contributed by atoms with Crippen LogP contribution in [0.3, 0.4) is 0 Å². The topological polar surface area (TPSA) is 88.8 Å². The molecule has 0 fully saturated rings. The molecule has 5 nitrogen and oxygen atoms in total. The van der Waals surface area contributed by atoms with Crippen LogP contribution in [0, 0.1) is 5.95 Å². The van der Waals surface area contributed by atoms with Gasteiger partial charge in [-0.3, -0.25) is 14.6 Å². The predicted octanol–water partition coefficient (Wildman–Crippen LogP) is 1.89. The summed E-state index contributed by atoms with van der Waals surface area (Å²) >= 11 is 0.910. The number of carbonyl (C=O) groups excluding carboxylic acids is 1. The first-order valence-electron chi connectivity index (χ1n) is 5.65. The van der Waals surface area contributed by atoms with Gasteiger partial charge in [-0.05, 0) is 5.56 Å². The summed E-state index contributed by atoms with van der Waals surface area (Å²) in [5.74, 6) is -1.50. The number of nitrogens with one attached hydrogen (secondary N) is 1. The second-order valence-electron chi connectivity index (χ2n) is 4.07. The van der Waals surface area contributed by atoms with Crippen molar-refractivity contribution in [3.05, 3.63) is 51.6 Å². The monoisotopic (exact) mass is 289 g/mol. The van der Waals surface area contributed by atoms with E-state index < -0.39 is 17.4 Å². The number of rotatable bonds is 2. The highest BCUT2D eigenvalue weighted by atomic mass is 32.1. The first kappa shape index (κ1) is 12.5. The van der Waals surface area contributed by atoms with Gasteiger partial charge in [-0.25, -0.2) is 4.98 Å². The first-order chi connectivity index (χ1) is 9.58. The lowest BCUT2D eigenvalue weighted by atomic mass is 10.1. The molecule has 0 saturated heterocycles. The Hall–Kier alpha value is -2.54. The van der Waals surface area contributed by atoms with Gasteiger partial charge in [0.25, 0.3) is 11.5 Å². The number of benzene rings is 1. The molecule has 0 bridgehead atoms. The molecule has 100 valence electrons. The molecule has 1 amide bonds.